The van der Waals surface area contributed by atoms with Crippen LogP contribution in [0.1, 0.15) is 24.0 Å². The third-order valence-electron chi connectivity index (χ3n) is 5.04. The summed E-state index contributed by atoms with van der Waals surface area (Å²) in [7, 11) is 0. The largest absolute Gasteiger partial charge is 0.457 e. The number of aromatic nitrogens is 1. The van der Waals surface area contributed by atoms with Crippen molar-refractivity contribution in [3.8, 4) is 22.8 Å². The van der Waals surface area contributed by atoms with Crippen molar-refractivity contribution in [2.75, 3.05) is 6.54 Å². The van der Waals surface area contributed by atoms with Gasteiger partial charge in [-0.05, 0) is 74.7 Å². The fourth-order valence-electron chi connectivity index (χ4n) is 3.65. The summed E-state index contributed by atoms with van der Waals surface area (Å²) in [5.74, 6) is 1.68. The van der Waals surface area contributed by atoms with E-state index >= 15 is 0 Å². The molecule has 28 heavy (non-hydrogen) atoms. The number of nitrogens with one attached hydrogen (secondary N) is 1. The van der Waals surface area contributed by atoms with Crippen LogP contribution in [-0.4, -0.2) is 11.5 Å². The van der Waals surface area contributed by atoms with Crippen LogP contribution in [0, 0.1) is 6.92 Å². The zero-order chi connectivity index (χ0) is 19.3. The normalized spacial score (nSPS) is 11.1. The summed E-state index contributed by atoms with van der Waals surface area (Å²) in [6.45, 7) is 2.88. The van der Waals surface area contributed by atoms with Gasteiger partial charge in [0.1, 0.15) is 11.5 Å². The number of para-hydroxylation sites is 1. The van der Waals surface area contributed by atoms with Crippen molar-refractivity contribution in [2.24, 2.45) is 5.73 Å². The molecule has 0 saturated carbocycles. The highest BCUT2D eigenvalue weighted by Gasteiger charge is 2.14. The number of nitrogens with two attached hydrogens (primary N) is 1. The van der Waals surface area contributed by atoms with Gasteiger partial charge in [-0.3, -0.25) is 0 Å². The summed E-state index contributed by atoms with van der Waals surface area (Å²) in [4.78, 5) is 3.64. The Kier molecular flexibility index (Phi) is 5.45. The molecule has 142 valence electrons. The molecule has 0 unspecified atom stereocenters. The number of benzene rings is 3. The van der Waals surface area contributed by atoms with Gasteiger partial charge in [-0.2, -0.15) is 0 Å². The molecule has 3 heteroatoms. The molecule has 0 spiro atoms. The second kappa shape index (κ2) is 8.32. The molecule has 4 rings (SSSR count). The number of aryl methyl sites for hydroxylation is 2. The van der Waals surface area contributed by atoms with E-state index in [-0.39, 0.29) is 0 Å². The maximum Gasteiger partial charge on any atom is 0.128 e. The van der Waals surface area contributed by atoms with Crippen molar-refractivity contribution in [3.63, 3.8) is 0 Å². The van der Waals surface area contributed by atoms with Gasteiger partial charge in [0, 0.05) is 22.2 Å². The Bertz CT molecular complexity index is 1070. The van der Waals surface area contributed by atoms with Crippen LogP contribution < -0.4 is 10.5 Å². The number of H-pyrrole nitrogens is 1. The molecule has 0 fully saturated rings. The number of fused-ring (bicyclic) bond motifs is 1. The fourth-order valence-corrected chi connectivity index (χ4v) is 3.65. The number of ether oxygens (including phenoxy) is 1. The van der Waals surface area contributed by atoms with Crippen molar-refractivity contribution >= 4 is 10.9 Å². The molecule has 0 radical (unpaired) electrons. The van der Waals surface area contributed by atoms with Crippen molar-refractivity contribution in [1.29, 1.82) is 0 Å². The fraction of sp³-hybridized carbons (Fsp3) is 0.200. The maximum atomic E-state index is 6.04. The Labute approximate surface area is 166 Å². The first-order valence-corrected chi connectivity index (χ1v) is 9.89. The van der Waals surface area contributed by atoms with Crippen molar-refractivity contribution < 1.29 is 4.74 Å². The summed E-state index contributed by atoms with van der Waals surface area (Å²) in [5, 5.41) is 1.31. The van der Waals surface area contributed by atoms with Crippen molar-refractivity contribution in [3.05, 3.63) is 83.9 Å². The second-order valence-corrected chi connectivity index (χ2v) is 7.22. The van der Waals surface area contributed by atoms with Crippen LogP contribution in [0.3, 0.4) is 0 Å². The molecule has 1 heterocycles. The topological polar surface area (TPSA) is 51.0 Å². The van der Waals surface area contributed by atoms with E-state index in [9.17, 15) is 0 Å². The highest BCUT2D eigenvalue weighted by atomic mass is 16.5. The number of hydrogen-bond donors (Lipinski definition) is 2. The smallest absolute Gasteiger partial charge is 0.128 e. The number of unbranched alkanes of at least 4 members (excludes halogenated alkanes) is 1. The van der Waals surface area contributed by atoms with E-state index in [1.807, 2.05) is 42.5 Å². The first kappa shape index (κ1) is 18.3. The Morgan fingerprint density at radius 2 is 1.68 bits per heavy atom. The van der Waals surface area contributed by atoms with E-state index in [4.69, 9.17) is 10.5 Å². The van der Waals surface area contributed by atoms with Gasteiger partial charge in [0.15, 0.2) is 0 Å². The third-order valence-corrected chi connectivity index (χ3v) is 5.04. The molecular weight excluding hydrogens is 344 g/mol. The van der Waals surface area contributed by atoms with E-state index in [0.29, 0.717) is 0 Å². The molecule has 3 nitrogen and oxygen atoms in total. The molecule has 0 aliphatic heterocycles. The van der Waals surface area contributed by atoms with Crippen LogP contribution in [0.5, 0.6) is 11.5 Å². The molecule has 3 aromatic carbocycles. The lowest BCUT2D eigenvalue weighted by atomic mass is 9.99. The molecule has 3 N–H and O–H groups in total. The van der Waals surface area contributed by atoms with Crippen LogP contribution in [0.25, 0.3) is 22.2 Å². The lowest BCUT2D eigenvalue weighted by Gasteiger charge is -2.09. The van der Waals surface area contributed by atoms with Gasteiger partial charge in [-0.25, -0.2) is 0 Å². The van der Waals surface area contributed by atoms with E-state index in [1.165, 1.54) is 27.7 Å². The number of hydrogen-bond acceptors (Lipinski definition) is 2. The maximum absolute atomic E-state index is 6.04. The molecule has 4 aromatic rings. The Morgan fingerprint density at radius 1 is 0.857 bits per heavy atom. The predicted octanol–water partition coefficient (Wildman–Crippen LogP) is 6.22. The predicted molar refractivity (Wildman–Crippen MR) is 117 cm³/mol. The van der Waals surface area contributed by atoms with Crippen LogP contribution in [0.4, 0.5) is 0 Å². The first-order valence-electron chi connectivity index (χ1n) is 9.89. The zero-order valence-electron chi connectivity index (χ0n) is 16.2. The molecular formula is C25H26N2O. The lowest BCUT2D eigenvalue weighted by molar-refractivity contribution is 0.483. The van der Waals surface area contributed by atoms with Gasteiger partial charge in [0.25, 0.3) is 0 Å². The molecule has 0 bridgehead atoms. The summed E-state index contributed by atoms with van der Waals surface area (Å²) in [6.07, 6.45) is 3.14. The van der Waals surface area contributed by atoms with E-state index in [2.05, 4.69) is 42.2 Å². The number of rotatable bonds is 7. The molecule has 0 amide bonds. The second-order valence-electron chi connectivity index (χ2n) is 7.22. The first-order chi connectivity index (χ1) is 13.7. The minimum absolute atomic E-state index is 0.733. The van der Waals surface area contributed by atoms with Gasteiger partial charge in [0.2, 0.25) is 0 Å². The van der Waals surface area contributed by atoms with Crippen LogP contribution in [-0.2, 0) is 6.42 Å². The molecule has 0 atom stereocenters. The van der Waals surface area contributed by atoms with E-state index in [0.717, 1.165) is 42.9 Å². The monoisotopic (exact) mass is 370 g/mol. The van der Waals surface area contributed by atoms with Gasteiger partial charge >= 0.3 is 0 Å². The average Bonchev–Trinajstić information content (AvgIpc) is 3.07. The summed E-state index contributed by atoms with van der Waals surface area (Å²) in [5.41, 5.74) is 11.9. The minimum Gasteiger partial charge on any atom is -0.457 e. The summed E-state index contributed by atoms with van der Waals surface area (Å²) >= 11 is 0. The summed E-state index contributed by atoms with van der Waals surface area (Å²) < 4.78 is 6.04. The van der Waals surface area contributed by atoms with Crippen molar-refractivity contribution in [2.45, 2.75) is 26.2 Å². The number of aromatic amines is 1. The Hall–Kier alpha value is -3.04. The highest BCUT2D eigenvalue weighted by Crippen LogP contribution is 2.34. The van der Waals surface area contributed by atoms with Crippen LogP contribution in [0.2, 0.25) is 0 Å². The van der Waals surface area contributed by atoms with Crippen molar-refractivity contribution in [1.82, 2.24) is 4.98 Å². The Balaban J connectivity index is 1.73. The molecule has 1 aromatic heterocycles. The quantitative estimate of drug-likeness (QED) is 0.380. The minimum atomic E-state index is 0.733. The third kappa shape index (κ3) is 3.95. The van der Waals surface area contributed by atoms with Crippen LogP contribution >= 0.6 is 0 Å². The van der Waals surface area contributed by atoms with Gasteiger partial charge in [0.05, 0.1) is 0 Å². The molecule has 0 aliphatic rings. The van der Waals surface area contributed by atoms with E-state index < -0.39 is 0 Å². The lowest BCUT2D eigenvalue weighted by Crippen LogP contribution is -1.99. The van der Waals surface area contributed by atoms with Gasteiger partial charge in [-0.15, -0.1) is 0 Å². The molecule has 0 saturated heterocycles. The summed E-state index contributed by atoms with van der Waals surface area (Å²) in [6, 6.07) is 24.8. The van der Waals surface area contributed by atoms with E-state index in [1.54, 1.807) is 0 Å². The average molecular weight is 370 g/mol. The van der Waals surface area contributed by atoms with Crippen LogP contribution in [0.15, 0.2) is 72.8 Å². The molecule has 0 aliphatic carbocycles. The standard InChI is InChI=1S/C25H26N2O/c1-18-13-14-24-23(16-18)22(12-5-6-15-26)25(27-24)19-8-7-11-21(17-19)28-20-9-3-2-4-10-20/h2-4,7-11,13-14,16-17,27H,5-6,12,15,26H2,1H3. The Morgan fingerprint density at radius 3 is 2.50 bits per heavy atom. The van der Waals surface area contributed by atoms with Gasteiger partial charge in [-0.1, -0.05) is 42.0 Å². The zero-order valence-corrected chi connectivity index (χ0v) is 16.2. The highest BCUT2D eigenvalue weighted by molar-refractivity contribution is 5.91. The SMILES string of the molecule is Cc1ccc2[nH]c(-c3cccc(Oc4ccccc4)c3)c(CCCCN)c2c1. The van der Waals surface area contributed by atoms with Gasteiger partial charge < -0.3 is 15.5 Å².